The Morgan fingerprint density at radius 1 is 1.59 bits per heavy atom. The fraction of sp³-hybridized carbons (Fsp3) is 0.917. The van der Waals surface area contributed by atoms with Crippen LogP contribution in [0.1, 0.15) is 27.7 Å². The summed E-state index contributed by atoms with van der Waals surface area (Å²) < 4.78 is 5.58. The highest BCUT2D eigenvalue weighted by Gasteiger charge is 2.35. The summed E-state index contributed by atoms with van der Waals surface area (Å²) in [5.41, 5.74) is 4.83. The number of nitrogens with zero attached hydrogens (tertiary/aromatic N) is 1. The van der Waals surface area contributed by atoms with E-state index >= 15 is 0 Å². The highest BCUT2D eigenvalue weighted by molar-refractivity contribution is 5.84. The second-order valence-corrected chi connectivity index (χ2v) is 5.15. The van der Waals surface area contributed by atoms with Crippen LogP contribution in [0, 0.1) is 0 Å². The number of nitrogens with two attached hydrogens (primary N) is 1. The van der Waals surface area contributed by atoms with Gasteiger partial charge >= 0.3 is 0 Å². The van der Waals surface area contributed by atoms with E-state index in [1.807, 2.05) is 20.8 Å². The van der Waals surface area contributed by atoms with Gasteiger partial charge in [0, 0.05) is 19.1 Å². The maximum Gasteiger partial charge on any atom is 0.238 e. The van der Waals surface area contributed by atoms with Gasteiger partial charge in [-0.1, -0.05) is 6.92 Å². The van der Waals surface area contributed by atoms with Crippen LogP contribution in [0.4, 0.5) is 0 Å². The van der Waals surface area contributed by atoms with Gasteiger partial charge in [0.2, 0.25) is 5.91 Å². The summed E-state index contributed by atoms with van der Waals surface area (Å²) in [5.74, 6) is -0.300. The van der Waals surface area contributed by atoms with Crippen LogP contribution >= 0.6 is 0 Å². The molecule has 0 aromatic heterocycles. The van der Waals surface area contributed by atoms with E-state index < -0.39 is 5.54 Å². The lowest BCUT2D eigenvalue weighted by atomic mass is 9.99. The second kappa shape index (κ2) is 5.80. The quantitative estimate of drug-likeness (QED) is 0.710. The van der Waals surface area contributed by atoms with Crippen molar-refractivity contribution in [2.75, 3.05) is 26.2 Å². The van der Waals surface area contributed by atoms with Crippen LogP contribution < -0.4 is 11.1 Å². The normalized spacial score (nSPS) is 29.9. The molecule has 1 saturated heterocycles. The molecule has 1 aliphatic rings. The van der Waals surface area contributed by atoms with Crippen molar-refractivity contribution >= 4 is 5.91 Å². The minimum absolute atomic E-state index is 0.213. The smallest absolute Gasteiger partial charge is 0.238 e. The zero-order valence-corrected chi connectivity index (χ0v) is 11.3. The SMILES string of the molecule is CCNC(C)(CN1CC(C)OCC1C)C(N)=O. The van der Waals surface area contributed by atoms with Gasteiger partial charge in [-0.05, 0) is 27.3 Å². The summed E-state index contributed by atoms with van der Waals surface area (Å²) in [5, 5.41) is 3.18. The Kier molecular flexibility index (Phi) is 4.91. The average molecular weight is 243 g/mol. The van der Waals surface area contributed by atoms with Gasteiger partial charge in [-0.2, -0.15) is 0 Å². The first kappa shape index (κ1) is 14.4. The lowest BCUT2D eigenvalue weighted by Gasteiger charge is -2.41. The molecule has 1 aliphatic heterocycles. The largest absolute Gasteiger partial charge is 0.376 e. The Balaban J connectivity index is 2.68. The molecular weight excluding hydrogens is 218 g/mol. The molecule has 0 saturated carbocycles. The average Bonchev–Trinajstić information content (AvgIpc) is 2.23. The molecule has 1 heterocycles. The fourth-order valence-electron chi connectivity index (χ4n) is 2.21. The number of morpholine rings is 1. The predicted molar refractivity (Wildman–Crippen MR) is 67.7 cm³/mol. The molecule has 5 nitrogen and oxygen atoms in total. The van der Waals surface area contributed by atoms with Gasteiger partial charge in [0.05, 0.1) is 12.7 Å². The number of likely N-dealkylation sites (N-methyl/N-ethyl adjacent to an activating group) is 1. The molecule has 1 fully saturated rings. The third kappa shape index (κ3) is 3.66. The highest BCUT2D eigenvalue weighted by atomic mass is 16.5. The molecule has 1 amide bonds. The summed E-state index contributed by atoms with van der Waals surface area (Å²) in [6.45, 7) is 10.9. The van der Waals surface area contributed by atoms with Crippen molar-refractivity contribution < 1.29 is 9.53 Å². The summed E-state index contributed by atoms with van der Waals surface area (Å²) in [4.78, 5) is 13.8. The molecule has 0 aromatic rings. The van der Waals surface area contributed by atoms with Gasteiger partial charge < -0.3 is 15.8 Å². The molecular formula is C12H25N3O2. The fourth-order valence-corrected chi connectivity index (χ4v) is 2.21. The number of primary amides is 1. The number of hydrogen-bond donors (Lipinski definition) is 2. The molecule has 17 heavy (non-hydrogen) atoms. The lowest BCUT2D eigenvalue weighted by Crippen LogP contribution is -2.62. The summed E-state index contributed by atoms with van der Waals surface area (Å²) in [6, 6.07) is 0.323. The van der Waals surface area contributed by atoms with Crippen LogP contribution in [-0.2, 0) is 9.53 Å². The Morgan fingerprint density at radius 3 is 2.76 bits per heavy atom. The number of ether oxygens (including phenoxy) is 1. The van der Waals surface area contributed by atoms with Crippen molar-refractivity contribution in [1.29, 1.82) is 0 Å². The molecule has 3 unspecified atom stereocenters. The minimum Gasteiger partial charge on any atom is -0.376 e. The molecule has 0 bridgehead atoms. The van der Waals surface area contributed by atoms with Gasteiger partial charge in [-0.15, -0.1) is 0 Å². The maximum absolute atomic E-state index is 11.6. The molecule has 0 spiro atoms. The second-order valence-electron chi connectivity index (χ2n) is 5.15. The third-order valence-corrected chi connectivity index (χ3v) is 3.37. The molecule has 100 valence electrons. The third-order valence-electron chi connectivity index (χ3n) is 3.37. The number of nitrogens with one attached hydrogen (secondary N) is 1. The van der Waals surface area contributed by atoms with Crippen LogP contribution in [-0.4, -0.2) is 54.7 Å². The van der Waals surface area contributed by atoms with E-state index in [1.165, 1.54) is 0 Å². The molecule has 0 radical (unpaired) electrons. The van der Waals surface area contributed by atoms with E-state index in [0.29, 0.717) is 19.2 Å². The number of carbonyl (C=O) groups is 1. The van der Waals surface area contributed by atoms with E-state index in [9.17, 15) is 4.79 Å². The van der Waals surface area contributed by atoms with Crippen molar-refractivity contribution in [2.45, 2.75) is 45.4 Å². The number of rotatable bonds is 5. The van der Waals surface area contributed by atoms with Crippen LogP contribution in [0.5, 0.6) is 0 Å². The standard InChI is InChI=1S/C12H25N3O2/c1-5-14-12(4,11(13)16)8-15-6-10(3)17-7-9(15)2/h9-10,14H,5-8H2,1-4H3,(H2,13,16). The first-order valence-corrected chi connectivity index (χ1v) is 6.29. The first-order chi connectivity index (χ1) is 7.89. The highest BCUT2D eigenvalue weighted by Crippen LogP contribution is 2.15. The Bertz CT molecular complexity index is 272. The molecule has 0 aliphatic carbocycles. The Morgan fingerprint density at radius 2 is 2.24 bits per heavy atom. The number of amides is 1. The summed E-state index contributed by atoms with van der Waals surface area (Å²) in [7, 11) is 0. The Labute approximate surface area is 104 Å². The van der Waals surface area contributed by atoms with Gasteiger partial charge in [0.25, 0.3) is 0 Å². The zero-order valence-electron chi connectivity index (χ0n) is 11.3. The number of carbonyl (C=O) groups excluding carboxylic acids is 1. The van der Waals surface area contributed by atoms with Crippen molar-refractivity contribution in [3.8, 4) is 0 Å². The van der Waals surface area contributed by atoms with E-state index in [0.717, 1.165) is 13.1 Å². The zero-order chi connectivity index (χ0) is 13.1. The molecule has 3 atom stereocenters. The monoisotopic (exact) mass is 243 g/mol. The first-order valence-electron chi connectivity index (χ1n) is 6.29. The van der Waals surface area contributed by atoms with E-state index in [2.05, 4.69) is 17.1 Å². The summed E-state index contributed by atoms with van der Waals surface area (Å²) >= 11 is 0. The minimum atomic E-state index is -0.667. The van der Waals surface area contributed by atoms with Crippen molar-refractivity contribution in [3.05, 3.63) is 0 Å². The van der Waals surface area contributed by atoms with Gasteiger partial charge in [-0.3, -0.25) is 9.69 Å². The van der Waals surface area contributed by atoms with Gasteiger partial charge in [0.1, 0.15) is 5.54 Å². The predicted octanol–water partition coefficient (Wildman–Crippen LogP) is -0.0509. The van der Waals surface area contributed by atoms with Crippen molar-refractivity contribution in [2.24, 2.45) is 5.73 Å². The van der Waals surface area contributed by atoms with Crippen LogP contribution in [0.25, 0.3) is 0 Å². The van der Waals surface area contributed by atoms with Crippen LogP contribution in [0.2, 0.25) is 0 Å². The van der Waals surface area contributed by atoms with E-state index in [1.54, 1.807) is 0 Å². The van der Waals surface area contributed by atoms with Crippen LogP contribution in [0.3, 0.4) is 0 Å². The molecule has 1 rings (SSSR count). The van der Waals surface area contributed by atoms with Crippen molar-refractivity contribution in [3.63, 3.8) is 0 Å². The maximum atomic E-state index is 11.6. The topological polar surface area (TPSA) is 67.6 Å². The number of hydrogen-bond acceptors (Lipinski definition) is 4. The van der Waals surface area contributed by atoms with Crippen LogP contribution in [0.15, 0.2) is 0 Å². The lowest BCUT2D eigenvalue weighted by molar-refractivity contribution is -0.126. The van der Waals surface area contributed by atoms with E-state index in [4.69, 9.17) is 10.5 Å². The Hall–Kier alpha value is -0.650. The molecule has 5 heteroatoms. The molecule has 3 N–H and O–H groups in total. The van der Waals surface area contributed by atoms with E-state index in [-0.39, 0.29) is 12.0 Å². The molecule has 0 aromatic carbocycles. The summed E-state index contributed by atoms with van der Waals surface area (Å²) in [6.07, 6.45) is 0.213. The van der Waals surface area contributed by atoms with Gasteiger partial charge in [-0.25, -0.2) is 0 Å². The van der Waals surface area contributed by atoms with Crippen molar-refractivity contribution in [1.82, 2.24) is 10.2 Å². The van der Waals surface area contributed by atoms with Gasteiger partial charge in [0.15, 0.2) is 0 Å².